The molecule has 21 heavy (non-hydrogen) atoms. The minimum Gasteiger partial charge on any atom is -0.321 e. The molecule has 2 aromatic rings. The van der Waals surface area contributed by atoms with Crippen molar-refractivity contribution in [2.45, 2.75) is 0 Å². The van der Waals surface area contributed by atoms with Gasteiger partial charge in [0.25, 0.3) is 11.1 Å². The summed E-state index contributed by atoms with van der Waals surface area (Å²) >= 11 is 17.2. The van der Waals surface area contributed by atoms with E-state index in [1.807, 2.05) is 0 Å². The van der Waals surface area contributed by atoms with Crippen molar-refractivity contribution in [3.8, 4) is 0 Å². The third-order valence-electron chi connectivity index (χ3n) is 2.63. The average Bonchev–Trinajstić information content (AvgIpc) is 2.40. The van der Waals surface area contributed by atoms with Gasteiger partial charge in [0.1, 0.15) is 5.82 Å². The molecule has 0 aliphatic heterocycles. The van der Waals surface area contributed by atoms with Crippen molar-refractivity contribution in [1.82, 2.24) is 0 Å². The summed E-state index contributed by atoms with van der Waals surface area (Å²) < 4.78 is 13.0. The Labute approximate surface area is 134 Å². The molecule has 1 amide bonds. The normalized spacial score (nSPS) is 10.3. The number of carbonyl (C=O) groups excluding carboxylic acids is 2. The fourth-order valence-electron chi connectivity index (χ4n) is 1.64. The number of hydrogen-bond acceptors (Lipinski definition) is 2. The van der Waals surface area contributed by atoms with E-state index in [-0.39, 0.29) is 26.9 Å². The van der Waals surface area contributed by atoms with Crippen LogP contribution in [0.5, 0.6) is 0 Å². The van der Waals surface area contributed by atoms with Gasteiger partial charge in [0.2, 0.25) is 0 Å². The summed E-state index contributed by atoms with van der Waals surface area (Å²) in [4.78, 5) is 23.3. The Kier molecular flexibility index (Phi) is 4.83. The van der Waals surface area contributed by atoms with Crippen LogP contribution in [0.2, 0.25) is 10.0 Å². The highest BCUT2D eigenvalue weighted by Gasteiger charge is 2.16. The Balaban J connectivity index is 2.32. The van der Waals surface area contributed by atoms with Crippen molar-refractivity contribution in [3.63, 3.8) is 0 Å². The van der Waals surface area contributed by atoms with Gasteiger partial charge < -0.3 is 5.32 Å². The lowest BCUT2D eigenvalue weighted by molar-refractivity contribution is 0.102. The lowest BCUT2D eigenvalue weighted by Crippen LogP contribution is -2.13. The molecule has 2 rings (SSSR count). The minimum atomic E-state index is -0.740. The van der Waals surface area contributed by atoms with Gasteiger partial charge in [0, 0.05) is 0 Å². The fraction of sp³-hybridized carbons (Fsp3) is 0. The van der Waals surface area contributed by atoms with Crippen LogP contribution in [0.25, 0.3) is 0 Å². The molecule has 0 radical (unpaired) electrons. The molecule has 0 heterocycles. The van der Waals surface area contributed by atoms with E-state index in [1.54, 1.807) is 0 Å². The molecule has 0 saturated heterocycles. The lowest BCUT2D eigenvalue weighted by atomic mass is 10.1. The Morgan fingerprint density at radius 2 is 1.76 bits per heavy atom. The van der Waals surface area contributed by atoms with E-state index < -0.39 is 17.0 Å². The summed E-state index contributed by atoms with van der Waals surface area (Å²) in [6, 6.07) is 7.83. The molecule has 0 atom stereocenters. The van der Waals surface area contributed by atoms with Crippen LogP contribution in [-0.4, -0.2) is 11.1 Å². The minimum absolute atomic E-state index is 0.0177. The smallest absolute Gasteiger partial charge is 0.257 e. The topological polar surface area (TPSA) is 46.2 Å². The van der Waals surface area contributed by atoms with Crippen LogP contribution in [-0.2, 0) is 0 Å². The summed E-state index contributed by atoms with van der Waals surface area (Å²) in [6.07, 6.45) is 0. The van der Waals surface area contributed by atoms with Crippen LogP contribution in [0.4, 0.5) is 10.1 Å². The van der Waals surface area contributed by atoms with E-state index in [0.29, 0.717) is 0 Å². The summed E-state index contributed by atoms with van der Waals surface area (Å²) in [5, 5.41) is 1.74. The van der Waals surface area contributed by atoms with Gasteiger partial charge in [0.15, 0.2) is 0 Å². The summed E-state index contributed by atoms with van der Waals surface area (Å²) in [6.45, 7) is 0. The number of anilines is 1. The monoisotopic (exact) mass is 345 g/mol. The number of halogens is 4. The van der Waals surface area contributed by atoms with Crippen molar-refractivity contribution in [3.05, 3.63) is 63.4 Å². The van der Waals surface area contributed by atoms with Gasteiger partial charge in [-0.2, -0.15) is 0 Å². The third kappa shape index (κ3) is 3.53. The van der Waals surface area contributed by atoms with Gasteiger partial charge in [0.05, 0.1) is 26.9 Å². The first-order valence-corrected chi connectivity index (χ1v) is 6.78. The second kappa shape index (κ2) is 6.43. The lowest BCUT2D eigenvalue weighted by Gasteiger charge is -2.10. The Bertz CT molecular complexity index is 734. The molecule has 0 aliphatic rings. The van der Waals surface area contributed by atoms with Crippen molar-refractivity contribution in [2.24, 2.45) is 0 Å². The zero-order valence-corrected chi connectivity index (χ0v) is 12.6. The van der Waals surface area contributed by atoms with Crippen LogP contribution in [0.1, 0.15) is 20.7 Å². The maximum Gasteiger partial charge on any atom is 0.257 e. The predicted octanol–water partition coefficient (Wildman–Crippen LogP) is 4.76. The summed E-state index contributed by atoms with van der Waals surface area (Å²) in [5.41, 5.74) is 0.353. The summed E-state index contributed by atoms with van der Waals surface area (Å²) in [7, 11) is 0. The quantitative estimate of drug-likeness (QED) is 0.814. The number of carbonyl (C=O) groups is 2. The highest BCUT2D eigenvalue weighted by molar-refractivity contribution is 6.69. The van der Waals surface area contributed by atoms with Gasteiger partial charge in [-0.05, 0) is 41.9 Å². The molecule has 0 bridgehead atoms. The second-order valence-electron chi connectivity index (χ2n) is 4.02. The van der Waals surface area contributed by atoms with E-state index in [9.17, 15) is 14.0 Å². The first-order chi connectivity index (χ1) is 9.90. The van der Waals surface area contributed by atoms with Gasteiger partial charge in [-0.3, -0.25) is 9.59 Å². The molecular formula is C14H7Cl3FNO2. The Morgan fingerprint density at radius 1 is 1.05 bits per heavy atom. The number of benzene rings is 2. The van der Waals surface area contributed by atoms with Crippen LogP contribution in [0, 0.1) is 5.82 Å². The molecule has 3 nitrogen and oxygen atoms in total. The van der Waals surface area contributed by atoms with E-state index in [4.69, 9.17) is 34.8 Å². The van der Waals surface area contributed by atoms with Crippen LogP contribution < -0.4 is 5.32 Å². The standard InChI is InChI=1S/C14H7Cl3FNO2/c15-10-6-7(18)4-5-8(10)14(21)19-11-3-1-2-9(12(11)16)13(17)20/h1-6H,(H,19,21). The zero-order valence-electron chi connectivity index (χ0n) is 10.3. The molecule has 7 heteroatoms. The molecule has 0 unspecified atom stereocenters. The van der Waals surface area contributed by atoms with Gasteiger partial charge in [-0.15, -0.1) is 0 Å². The van der Waals surface area contributed by atoms with E-state index in [2.05, 4.69) is 5.32 Å². The number of nitrogens with one attached hydrogen (secondary N) is 1. The summed E-state index contributed by atoms with van der Waals surface area (Å²) in [5.74, 6) is -1.13. The Hall–Kier alpha value is -1.62. The third-order valence-corrected chi connectivity index (χ3v) is 3.56. The Morgan fingerprint density at radius 3 is 2.38 bits per heavy atom. The van der Waals surface area contributed by atoms with E-state index in [0.717, 1.165) is 12.1 Å². The van der Waals surface area contributed by atoms with Gasteiger partial charge in [-0.1, -0.05) is 29.3 Å². The first-order valence-electron chi connectivity index (χ1n) is 5.65. The number of amides is 1. The second-order valence-corrected chi connectivity index (χ2v) is 5.15. The van der Waals surface area contributed by atoms with Crippen molar-refractivity contribution < 1.29 is 14.0 Å². The molecule has 0 fully saturated rings. The average molecular weight is 347 g/mol. The van der Waals surface area contributed by atoms with E-state index >= 15 is 0 Å². The molecular weight excluding hydrogens is 340 g/mol. The molecule has 0 aromatic heterocycles. The highest BCUT2D eigenvalue weighted by atomic mass is 35.5. The van der Waals surface area contributed by atoms with E-state index in [1.165, 1.54) is 24.3 Å². The molecule has 0 aliphatic carbocycles. The van der Waals surface area contributed by atoms with Crippen molar-refractivity contribution in [2.75, 3.05) is 5.32 Å². The number of hydrogen-bond donors (Lipinski definition) is 1. The largest absolute Gasteiger partial charge is 0.321 e. The predicted molar refractivity (Wildman–Crippen MR) is 81.0 cm³/mol. The molecule has 0 saturated carbocycles. The number of rotatable bonds is 3. The molecule has 1 N–H and O–H groups in total. The first kappa shape index (κ1) is 15.8. The zero-order chi connectivity index (χ0) is 15.6. The maximum absolute atomic E-state index is 13.0. The van der Waals surface area contributed by atoms with Gasteiger partial charge in [-0.25, -0.2) is 4.39 Å². The van der Waals surface area contributed by atoms with Crippen LogP contribution >= 0.6 is 34.8 Å². The van der Waals surface area contributed by atoms with Crippen molar-refractivity contribution >= 4 is 51.6 Å². The van der Waals surface area contributed by atoms with Crippen LogP contribution in [0.3, 0.4) is 0 Å². The molecule has 108 valence electrons. The molecule has 2 aromatic carbocycles. The van der Waals surface area contributed by atoms with Gasteiger partial charge >= 0.3 is 0 Å². The van der Waals surface area contributed by atoms with Crippen molar-refractivity contribution in [1.29, 1.82) is 0 Å². The van der Waals surface area contributed by atoms with Crippen LogP contribution in [0.15, 0.2) is 36.4 Å². The highest BCUT2D eigenvalue weighted by Crippen LogP contribution is 2.28. The maximum atomic E-state index is 13.0. The SMILES string of the molecule is O=C(Nc1cccc(C(=O)Cl)c1Cl)c1ccc(F)cc1Cl. The molecule has 0 spiro atoms. The fourth-order valence-corrected chi connectivity index (χ4v) is 2.36.